The van der Waals surface area contributed by atoms with Crippen molar-refractivity contribution in [2.24, 2.45) is 0 Å². The fraction of sp³-hybridized carbons (Fsp3) is 0.240. The molecule has 1 aliphatic heterocycles. The summed E-state index contributed by atoms with van der Waals surface area (Å²) in [5, 5.41) is 4.89. The van der Waals surface area contributed by atoms with E-state index in [0.29, 0.717) is 17.2 Å². The van der Waals surface area contributed by atoms with E-state index >= 15 is 0 Å². The molecule has 0 saturated heterocycles. The van der Waals surface area contributed by atoms with Crippen molar-refractivity contribution in [2.45, 2.75) is 32.4 Å². The van der Waals surface area contributed by atoms with Gasteiger partial charge < -0.3 is 20.1 Å². The molecule has 3 N–H and O–H groups in total. The van der Waals surface area contributed by atoms with Gasteiger partial charge >= 0.3 is 0 Å². The molecule has 0 aliphatic carbocycles. The maximum Gasteiger partial charge on any atom is 0.282 e. The Hall–Kier alpha value is -3.38. The summed E-state index contributed by atoms with van der Waals surface area (Å²) in [5.41, 5.74) is 3.71. The molecule has 0 aromatic heterocycles. The number of benzene rings is 3. The molecule has 1 amide bonds. The van der Waals surface area contributed by atoms with E-state index in [0.717, 1.165) is 17.5 Å². The number of halogens is 1. The Kier molecular flexibility index (Phi) is 6.18. The summed E-state index contributed by atoms with van der Waals surface area (Å²) < 4.78 is 24.6. The summed E-state index contributed by atoms with van der Waals surface area (Å²) in [7, 11) is 0. The maximum atomic E-state index is 13.9. The smallest absolute Gasteiger partial charge is 0.282 e. The molecule has 160 valence electrons. The zero-order valence-electron chi connectivity index (χ0n) is 17.6. The molecule has 1 heterocycles. The predicted molar refractivity (Wildman–Crippen MR) is 117 cm³/mol. The lowest BCUT2D eigenvalue weighted by atomic mass is 9.96. The SMILES string of the molecule is CCc1ccc([C@@H]([NH2+][C@@H](C)C(=O)Nc2ccc3c(c2)OCO3)c2cccc(F)c2)cc1. The second-order valence-electron chi connectivity index (χ2n) is 7.67. The Labute approximate surface area is 181 Å². The highest BCUT2D eigenvalue weighted by Gasteiger charge is 2.26. The van der Waals surface area contributed by atoms with Gasteiger partial charge in [-0.2, -0.15) is 0 Å². The summed E-state index contributed by atoms with van der Waals surface area (Å²) in [6.45, 7) is 4.13. The molecule has 3 aromatic rings. The molecule has 5 nitrogen and oxygen atoms in total. The van der Waals surface area contributed by atoms with Crippen LogP contribution in [0.3, 0.4) is 0 Å². The lowest BCUT2D eigenvalue weighted by Crippen LogP contribution is -2.92. The van der Waals surface area contributed by atoms with Crippen molar-refractivity contribution < 1.29 is 24.0 Å². The number of quaternary nitrogens is 1. The molecule has 31 heavy (non-hydrogen) atoms. The molecule has 4 rings (SSSR count). The molecule has 0 unspecified atom stereocenters. The van der Waals surface area contributed by atoms with Crippen molar-refractivity contribution in [1.82, 2.24) is 0 Å². The normalized spacial score (nSPS) is 14.2. The van der Waals surface area contributed by atoms with E-state index in [1.807, 2.05) is 30.4 Å². The van der Waals surface area contributed by atoms with Crippen LogP contribution in [0.15, 0.2) is 66.7 Å². The number of nitrogens with two attached hydrogens (primary N) is 1. The number of ether oxygens (including phenoxy) is 2. The third-order valence-electron chi connectivity index (χ3n) is 5.49. The third kappa shape index (κ3) is 4.86. The number of nitrogens with one attached hydrogen (secondary N) is 1. The molecule has 1 aliphatic rings. The van der Waals surface area contributed by atoms with Crippen molar-refractivity contribution in [3.63, 3.8) is 0 Å². The van der Waals surface area contributed by atoms with Crippen molar-refractivity contribution in [3.05, 3.63) is 89.2 Å². The molecule has 0 radical (unpaired) electrons. The highest BCUT2D eigenvalue weighted by atomic mass is 19.1. The van der Waals surface area contributed by atoms with Crippen LogP contribution in [-0.2, 0) is 11.2 Å². The van der Waals surface area contributed by atoms with Crippen LogP contribution in [0.4, 0.5) is 10.1 Å². The van der Waals surface area contributed by atoms with E-state index in [-0.39, 0.29) is 24.6 Å². The van der Waals surface area contributed by atoms with Crippen LogP contribution in [0.1, 0.15) is 36.6 Å². The summed E-state index contributed by atoms with van der Waals surface area (Å²) in [6, 6.07) is 19.5. The van der Waals surface area contributed by atoms with Crippen molar-refractivity contribution >= 4 is 11.6 Å². The van der Waals surface area contributed by atoms with E-state index in [4.69, 9.17) is 9.47 Å². The second kappa shape index (κ2) is 9.18. The van der Waals surface area contributed by atoms with Crippen LogP contribution in [0.25, 0.3) is 0 Å². The lowest BCUT2D eigenvalue weighted by Gasteiger charge is -2.21. The maximum absolute atomic E-state index is 13.9. The van der Waals surface area contributed by atoms with E-state index in [2.05, 4.69) is 24.4 Å². The second-order valence-corrected chi connectivity index (χ2v) is 7.67. The Bertz CT molecular complexity index is 1070. The predicted octanol–water partition coefficient (Wildman–Crippen LogP) is 3.80. The molecule has 6 heteroatoms. The van der Waals surface area contributed by atoms with Gasteiger partial charge in [-0.05, 0) is 43.2 Å². The van der Waals surface area contributed by atoms with Gasteiger partial charge in [0.05, 0.1) is 0 Å². The number of anilines is 1. The van der Waals surface area contributed by atoms with E-state index in [9.17, 15) is 9.18 Å². The Morgan fingerprint density at radius 1 is 1.03 bits per heavy atom. The minimum atomic E-state index is -0.412. The van der Waals surface area contributed by atoms with Gasteiger partial charge in [-0.3, -0.25) is 4.79 Å². The van der Waals surface area contributed by atoms with Crippen molar-refractivity contribution in [3.8, 4) is 11.5 Å². The summed E-state index contributed by atoms with van der Waals surface area (Å²) in [6.07, 6.45) is 0.947. The van der Waals surface area contributed by atoms with Crippen molar-refractivity contribution in [1.29, 1.82) is 0 Å². The van der Waals surface area contributed by atoms with Gasteiger partial charge in [0.25, 0.3) is 5.91 Å². The molecule has 0 fully saturated rings. The van der Waals surface area contributed by atoms with Crippen molar-refractivity contribution in [2.75, 3.05) is 12.1 Å². The minimum Gasteiger partial charge on any atom is -0.454 e. The first-order valence-corrected chi connectivity index (χ1v) is 10.4. The molecular formula is C25H26FN2O3+. The molecule has 0 bridgehead atoms. The van der Waals surface area contributed by atoms with Crippen LogP contribution in [0.5, 0.6) is 11.5 Å². The Morgan fingerprint density at radius 3 is 2.55 bits per heavy atom. The number of rotatable bonds is 7. The van der Waals surface area contributed by atoms with E-state index < -0.39 is 6.04 Å². The molecule has 0 saturated carbocycles. The standard InChI is InChI=1S/C25H25FN2O3/c1-3-17-7-9-18(10-8-17)24(19-5-4-6-20(26)13-19)27-16(2)25(29)28-21-11-12-22-23(14-21)31-15-30-22/h4-14,16,24,27H,3,15H2,1-2H3,(H,28,29)/p+1/t16-,24+/m0/s1. The zero-order valence-corrected chi connectivity index (χ0v) is 17.6. The van der Waals surface area contributed by atoms with Gasteiger partial charge in [-0.25, -0.2) is 4.39 Å². The van der Waals surface area contributed by atoms with Crippen LogP contribution in [-0.4, -0.2) is 18.7 Å². The number of fused-ring (bicyclic) bond motifs is 1. The average Bonchev–Trinajstić information content (AvgIpc) is 3.25. The van der Waals surface area contributed by atoms with Crippen LogP contribution in [0, 0.1) is 5.82 Å². The first kappa shape index (κ1) is 20.9. The van der Waals surface area contributed by atoms with Gasteiger partial charge in [0, 0.05) is 22.9 Å². The number of amides is 1. The Balaban J connectivity index is 1.53. The first-order valence-electron chi connectivity index (χ1n) is 10.4. The summed E-state index contributed by atoms with van der Waals surface area (Å²) in [5.74, 6) is 0.839. The van der Waals surface area contributed by atoms with Gasteiger partial charge in [0.1, 0.15) is 11.9 Å². The minimum absolute atomic E-state index is 0.148. The number of hydrogen-bond acceptors (Lipinski definition) is 3. The molecule has 2 atom stereocenters. The van der Waals surface area contributed by atoms with Gasteiger partial charge in [0.2, 0.25) is 6.79 Å². The van der Waals surface area contributed by atoms with Crippen LogP contribution >= 0.6 is 0 Å². The number of hydrogen-bond donors (Lipinski definition) is 2. The quantitative estimate of drug-likeness (QED) is 0.610. The first-order chi connectivity index (χ1) is 15.0. The van der Waals surface area contributed by atoms with Crippen LogP contribution < -0.4 is 20.1 Å². The molecule has 3 aromatic carbocycles. The largest absolute Gasteiger partial charge is 0.454 e. The van der Waals surface area contributed by atoms with E-state index in [1.54, 1.807) is 24.3 Å². The number of carbonyl (C=O) groups is 1. The topological polar surface area (TPSA) is 64.2 Å². The highest BCUT2D eigenvalue weighted by Crippen LogP contribution is 2.34. The molecule has 0 spiro atoms. The average molecular weight is 421 g/mol. The van der Waals surface area contributed by atoms with Gasteiger partial charge in [0.15, 0.2) is 17.5 Å². The van der Waals surface area contributed by atoms with Gasteiger partial charge in [-0.1, -0.05) is 43.3 Å². The summed E-state index contributed by atoms with van der Waals surface area (Å²) >= 11 is 0. The zero-order chi connectivity index (χ0) is 21.8. The highest BCUT2D eigenvalue weighted by molar-refractivity contribution is 5.93. The fourth-order valence-electron chi connectivity index (χ4n) is 3.68. The number of aryl methyl sites for hydroxylation is 1. The monoisotopic (exact) mass is 421 g/mol. The van der Waals surface area contributed by atoms with Gasteiger partial charge in [-0.15, -0.1) is 0 Å². The number of carbonyl (C=O) groups excluding carboxylic acids is 1. The third-order valence-corrected chi connectivity index (χ3v) is 5.49. The van der Waals surface area contributed by atoms with Crippen LogP contribution in [0.2, 0.25) is 0 Å². The fourth-order valence-corrected chi connectivity index (χ4v) is 3.68. The van der Waals surface area contributed by atoms with E-state index in [1.165, 1.54) is 17.7 Å². The summed E-state index contributed by atoms with van der Waals surface area (Å²) in [4.78, 5) is 12.9. The molecular weight excluding hydrogens is 395 g/mol. The lowest BCUT2D eigenvalue weighted by molar-refractivity contribution is -0.704. The Morgan fingerprint density at radius 2 is 1.81 bits per heavy atom.